The molecule has 1 saturated heterocycles. The van der Waals surface area contributed by atoms with E-state index in [4.69, 9.17) is 16.3 Å². The summed E-state index contributed by atoms with van der Waals surface area (Å²) in [5.74, 6) is 0.584. The summed E-state index contributed by atoms with van der Waals surface area (Å²) in [6.45, 7) is 4.10. The normalized spacial score (nSPS) is 15.4. The molecule has 1 fully saturated rings. The third-order valence-corrected chi connectivity index (χ3v) is 3.63. The number of benzene rings is 1. The molecule has 3 nitrogen and oxygen atoms in total. The first-order valence-electron chi connectivity index (χ1n) is 6.91. The summed E-state index contributed by atoms with van der Waals surface area (Å²) in [5.41, 5.74) is 0.446. The Kier molecular flexibility index (Phi) is 7.97. The van der Waals surface area contributed by atoms with Crippen LogP contribution < -0.4 is 4.74 Å². The Labute approximate surface area is 131 Å². The van der Waals surface area contributed by atoms with E-state index < -0.39 is 5.24 Å². The fourth-order valence-corrected chi connectivity index (χ4v) is 2.56. The Morgan fingerprint density at radius 2 is 1.90 bits per heavy atom. The van der Waals surface area contributed by atoms with E-state index >= 15 is 0 Å². The lowest BCUT2D eigenvalue weighted by molar-refractivity contribution is 0.107. The number of hydrogen-bond acceptors (Lipinski definition) is 3. The van der Waals surface area contributed by atoms with Gasteiger partial charge in [-0.05, 0) is 56.1 Å². The standard InChI is InChI=1S/C15H20ClNO2.ClH/c16-15(18)13-7-2-3-8-14(13)19-12-6-11-17-9-4-1-5-10-17;/h2-3,7-8H,1,4-6,9-12H2;1H. The van der Waals surface area contributed by atoms with Gasteiger partial charge in [-0.15, -0.1) is 12.4 Å². The molecular formula is C15H21Cl2NO2. The maximum Gasteiger partial charge on any atom is 0.256 e. The molecule has 1 aromatic rings. The number of likely N-dealkylation sites (tertiary alicyclic amines) is 1. The van der Waals surface area contributed by atoms with E-state index in [1.807, 2.05) is 6.07 Å². The molecule has 2 rings (SSSR count). The average molecular weight is 318 g/mol. The second kappa shape index (κ2) is 9.22. The molecular weight excluding hydrogens is 297 g/mol. The summed E-state index contributed by atoms with van der Waals surface area (Å²) in [5, 5.41) is -0.466. The topological polar surface area (TPSA) is 29.5 Å². The van der Waals surface area contributed by atoms with Crippen molar-refractivity contribution < 1.29 is 9.53 Å². The molecule has 1 aromatic carbocycles. The molecule has 0 aliphatic carbocycles. The summed E-state index contributed by atoms with van der Waals surface area (Å²) < 4.78 is 5.66. The number of ether oxygens (including phenoxy) is 1. The monoisotopic (exact) mass is 317 g/mol. The van der Waals surface area contributed by atoms with Crippen LogP contribution in [0.3, 0.4) is 0 Å². The predicted molar refractivity (Wildman–Crippen MR) is 84.3 cm³/mol. The van der Waals surface area contributed by atoms with Crippen LogP contribution in [0.25, 0.3) is 0 Å². The third kappa shape index (κ3) is 5.31. The van der Waals surface area contributed by atoms with E-state index in [1.54, 1.807) is 18.2 Å². The van der Waals surface area contributed by atoms with Crippen molar-refractivity contribution in [2.75, 3.05) is 26.2 Å². The molecule has 0 bridgehead atoms. The van der Waals surface area contributed by atoms with Crippen LogP contribution >= 0.6 is 24.0 Å². The zero-order chi connectivity index (χ0) is 13.5. The minimum atomic E-state index is -0.466. The van der Waals surface area contributed by atoms with E-state index in [0.717, 1.165) is 13.0 Å². The predicted octanol–water partition coefficient (Wildman–Crippen LogP) is 3.74. The SMILES string of the molecule is Cl.O=C(Cl)c1ccccc1OCCCN1CCCCC1. The van der Waals surface area contributed by atoms with Gasteiger partial charge in [0.1, 0.15) is 5.75 Å². The van der Waals surface area contributed by atoms with Gasteiger partial charge in [0.2, 0.25) is 0 Å². The van der Waals surface area contributed by atoms with Crippen LogP contribution in [0.1, 0.15) is 36.0 Å². The first-order valence-corrected chi connectivity index (χ1v) is 7.29. The van der Waals surface area contributed by atoms with Crippen LogP contribution in [0.5, 0.6) is 5.75 Å². The number of para-hydroxylation sites is 1. The summed E-state index contributed by atoms with van der Waals surface area (Å²) >= 11 is 5.52. The quantitative estimate of drug-likeness (QED) is 0.591. The molecule has 0 radical (unpaired) electrons. The van der Waals surface area contributed by atoms with Gasteiger partial charge < -0.3 is 9.64 Å². The maximum atomic E-state index is 11.2. The van der Waals surface area contributed by atoms with Crippen LogP contribution in [-0.4, -0.2) is 36.4 Å². The van der Waals surface area contributed by atoms with Gasteiger partial charge in [-0.25, -0.2) is 0 Å². The van der Waals surface area contributed by atoms with Crippen LogP contribution in [0.2, 0.25) is 0 Å². The number of nitrogens with zero attached hydrogens (tertiary/aromatic N) is 1. The molecule has 112 valence electrons. The van der Waals surface area contributed by atoms with Crippen molar-refractivity contribution in [3.8, 4) is 5.75 Å². The van der Waals surface area contributed by atoms with Gasteiger partial charge in [-0.3, -0.25) is 4.79 Å². The van der Waals surface area contributed by atoms with Crippen molar-refractivity contribution in [3.63, 3.8) is 0 Å². The Balaban J connectivity index is 0.00000200. The fourth-order valence-electron chi connectivity index (χ4n) is 2.41. The van der Waals surface area contributed by atoms with Gasteiger partial charge in [0.05, 0.1) is 12.2 Å². The highest BCUT2D eigenvalue weighted by atomic mass is 35.5. The summed E-state index contributed by atoms with van der Waals surface area (Å²) in [6.07, 6.45) is 4.96. The second-order valence-corrected chi connectivity index (χ2v) is 5.22. The van der Waals surface area contributed by atoms with E-state index in [-0.39, 0.29) is 12.4 Å². The number of halogens is 2. The first kappa shape index (κ1) is 17.3. The molecule has 0 saturated carbocycles. The Bertz CT molecular complexity index is 420. The van der Waals surface area contributed by atoms with Gasteiger partial charge in [0.15, 0.2) is 0 Å². The largest absolute Gasteiger partial charge is 0.493 e. The number of carbonyl (C=O) groups excluding carboxylic acids is 1. The maximum absolute atomic E-state index is 11.2. The smallest absolute Gasteiger partial charge is 0.256 e. The Morgan fingerprint density at radius 1 is 1.20 bits per heavy atom. The highest BCUT2D eigenvalue weighted by Gasteiger charge is 2.11. The number of rotatable bonds is 6. The van der Waals surface area contributed by atoms with E-state index in [1.165, 1.54) is 32.4 Å². The van der Waals surface area contributed by atoms with Gasteiger partial charge in [0.25, 0.3) is 5.24 Å². The third-order valence-electron chi connectivity index (χ3n) is 3.42. The molecule has 0 aromatic heterocycles. The molecule has 0 amide bonds. The number of piperidine rings is 1. The molecule has 0 atom stereocenters. The molecule has 1 heterocycles. The lowest BCUT2D eigenvalue weighted by atomic mass is 10.1. The highest BCUT2D eigenvalue weighted by Crippen LogP contribution is 2.20. The van der Waals surface area contributed by atoms with Gasteiger partial charge >= 0.3 is 0 Å². The van der Waals surface area contributed by atoms with Crippen molar-refractivity contribution >= 4 is 29.3 Å². The second-order valence-electron chi connectivity index (χ2n) is 4.87. The Hall–Kier alpha value is -0.770. The number of hydrogen-bond donors (Lipinski definition) is 0. The molecule has 20 heavy (non-hydrogen) atoms. The van der Waals surface area contributed by atoms with Crippen LogP contribution in [0, 0.1) is 0 Å². The molecule has 1 aliphatic heterocycles. The molecule has 1 aliphatic rings. The summed E-state index contributed by atoms with van der Waals surface area (Å²) in [6, 6.07) is 7.12. The fraction of sp³-hybridized carbons (Fsp3) is 0.533. The van der Waals surface area contributed by atoms with E-state index in [2.05, 4.69) is 4.90 Å². The zero-order valence-corrected chi connectivity index (χ0v) is 13.1. The van der Waals surface area contributed by atoms with Crippen molar-refractivity contribution in [2.45, 2.75) is 25.7 Å². The van der Waals surface area contributed by atoms with Gasteiger partial charge in [0, 0.05) is 6.54 Å². The molecule has 5 heteroatoms. The van der Waals surface area contributed by atoms with E-state index in [0.29, 0.717) is 17.9 Å². The lowest BCUT2D eigenvalue weighted by Gasteiger charge is -2.26. The molecule has 0 unspecified atom stereocenters. The van der Waals surface area contributed by atoms with Gasteiger partial charge in [-0.2, -0.15) is 0 Å². The zero-order valence-electron chi connectivity index (χ0n) is 11.5. The minimum absolute atomic E-state index is 0. The van der Waals surface area contributed by atoms with Gasteiger partial charge in [-0.1, -0.05) is 18.6 Å². The Morgan fingerprint density at radius 3 is 2.60 bits per heavy atom. The average Bonchev–Trinajstić information content (AvgIpc) is 2.45. The van der Waals surface area contributed by atoms with Crippen molar-refractivity contribution in [3.05, 3.63) is 29.8 Å². The van der Waals surface area contributed by atoms with Crippen LogP contribution in [-0.2, 0) is 0 Å². The minimum Gasteiger partial charge on any atom is -0.493 e. The summed E-state index contributed by atoms with van der Waals surface area (Å²) in [4.78, 5) is 13.7. The van der Waals surface area contributed by atoms with Crippen LogP contribution in [0.15, 0.2) is 24.3 Å². The van der Waals surface area contributed by atoms with Crippen molar-refractivity contribution in [1.82, 2.24) is 4.90 Å². The van der Waals surface area contributed by atoms with Crippen molar-refractivity contribution in [1.29, 1.82) is 0 Å². The molecule has 0 N–H and O–H groups in total. The summed E-state index contributed by atoms with van der Waals surface area (Å²) in [7, 11) is 0. The molecule has 0 spiro atoms. The highest BCUT2D eigenvalue weighted by molar-refractivity contribution is 6.68. The van der Waals surface area contributed by atoms with E-state index in [9.17, 15) is 4.79 Å². The van der Waals surface area contributed by atoms with Crippen LogP contribution in [0.4, 0.5) is 0 Å². The van der Waals surface area contributed by atoms with Crippen molar-refractivity contribution in [2.24, 2.45) is 0 Å². The first-order chi connectivity index (χ1) is 9.27. The number of carbonyl (C=O) groups is 1. The lowest BCUT2D eigenvalue weighted by Crippen LogP contribution is -2.31.